The topological polar surface area (TPSA) is 194 Å². The first-order valence-corrected chi connectivity index (χ1v) is 16.9. The fourth-order valence-corrected chi connectivity index (χ4v) is 5.20. The number of nitrogens with zero attached hydrogens (tertiary/aromatic N) is 4. The number of hydrogen-bond acceptors (Lipinski definition) is 15. The van der Waals surface area contributed by atoms with Crippen molar-refractivity contribution < 1.29 is 52.3 Å². The monoisotopic (exact) mass is 709 g/mol. The second-order valence-corrected chi connectivity index (χ2v) is 11.7. The number of furan rings is 1. The first kappa shape index (κ1) is 37.4. The number of aromatic nitrogens is 3. The van der Waals surface area contributed by atoms with Gasteiger partial charge in [0.05, 0.1) is 37.9 Å². The molecular weight excluding hydrogens is 666 g/mol. The molecule has 16 nitrogen and oxygen atoms in total. The van der Waals surface area contributed by atoms with Crippen molar-refractivity contribution in [1.29, 1.82) is 0 Å². The zero-order valence-corrected chi connectivity index (χ0v) is 28.7. The standard InChI is InChI=1S/C35H43N5O11/c1-23(21-41)49-29(45-2)22-48-28(43)12-6-11-27(42)36-13-3-4-17-47-35(44)50-25-9-5-8-24(20-25)32-38-30-26-10-7-14-37-34(26)51-31(30)33(39-32)40-15-18-46-19-16-40/h5,7-10,14,20,23,29,41H,3-4,6,11-13,15-19,21-22H2,1-2H3,(H,36,42). The van der Waals surface area contributed by atoms with Gasteiger partial charge in [0.2, 0.25) is 11.6 Å². The third-order valence-corrected chi connectivity index (χ3v) is 7.86. The lowest BCUT2D eigenvalue weighted by atomic mass is 10.2. The molecular formula is C35H43N5O11. The normalized spacial score (nSPS) is 14.3. The molecule has 1 aliphatic rings. The van der Waals surface area contributed by atoms with Crippen molar-refractivity contribution in [2.75, 3.05) is 64.7 Å². The number of hydrogen-bond donors (Lipinski definition) is 2. The summed E-state index contributed by atoms with van der Waals surface area (Å²) < 4.78 is 37.8. The van der Waals surface area contributed by atoms with Gasteiger partial charge in [-0.05, 0) is 50.5 Å². The number of nitrogens with one attached hydrogen (secondary N) is 1. The van der Waals surface area contributed by atoms with Crippen molar-refractivity contribution in [2.45, 2.75) is 51.4 Å². The van der Waals surface area contributed by atoms with Crippen LogP contribution < -0.4 is 15.0 Å². The molecule has 0 saturated carbocycles. The van der Waals surface area contributed by atoms with E-state index in [1.54, 1.807) is 31.3 Å². The highest BCUT2D eigenvalue weighted by Gasteiger charge is 2.23. The predicted octanol–water partition coefficient (Wildman–Crippen LogP) is 3.77. The molecule has 51 heavy (non-hydrogen) atoms. The summed E-state index contributed by atoms with van der Waals surface area (Å²) in [7, 11) is 1.41. The molecule has 2 atom stereocenters. The van der Waals surface area contributed by atoms with Gasteiger partial charge < -0.3 is 48.2 Å². The van der Waals surface area contributed by atoms with Gasteiger partial charge in [-0.3, -0.25) is 9.59 Å². The molecule has 1 saturated heterocycles. The summed E-state index contributed by atoms with van der Waals surface area (Å²) in [5.74, 6) is 0.676. The van der Waals surface area contributed by atoms with Gasteiger partial charge in [0.15, 0.2) is 23.5 Å². The Balaban J connectivity index is 1.03. The van der Waals surface area contributed by atoms with E-state index < -0.39 is 24.5 Å². The summed E-state index contributed by atoms with van der Waals surface area (Å²) in [6.45, 7) is 4.30. The van der Waals surface area contributed by atoms with Crippen molar-refractivity contribution in [3.63, 3.8) is 0 Å². The number of fused-ring (bicyclic) bond motifs is 3. The highest BCUT2D eigenvalue weighted by Crippen LogP contribution is 2.35. The molecule has 0 radical (unpaired) electrons. The quantitative estimate of drug-likeness (QED) is 0.0656. The predicted molar refractivity (Wildman–Crippen MR) is 183 cm³/mol. The molecule has 4 heterocycles. The number of anilines is 1. The minimum Gasteiger partial charge on any atom is -0.460 e. The van der Waals surface area contributed by atoms with Crippen molar-refractivity contribution in [2.24, 2.45) is 0 Å². The number of pyridine rings is 1. The molecule has 0 bridgehead atoms. The number of aliphatic hydroxyl groups is 1. The first-order valence-electron chi connectivity index (χ1n) is 16.9. The average molecular weight is 710 g/mol. The minimum atomic E-state index is -0.855. The Hall–Kier alpha value is -4.90. The molecule has 3 aromatic heterocycles. The SMILES string of the molecule is COC(COC(=O)CCCC(=O)NCCCCOC(=O)Oc1cccc(-c2nc(N3CCOCC3)c3oc4ncccc4c3n2)c1)OC(C)CO. The number of ether oxygens (including phenoxy) is 6. The average Bonchev–Trinajstić information content (AvgIpc) is 3.53. The second kappa shape index (κ2) is 18.9. The van der Waals surface area contributed by atoms with Crippen molar-refractivity contribution in [1.82, 2.24) is 20.3 Å². The number of carbonyl (C=O) groups excluding carboxylic acids is 3. The number of unbranched alkanes of at least 4 members (excludes halogenated alkanes) is 1. The zero-order chi connectivity index (χ0) is 36.0. The van der Waals surface area contributed by atoms with Gasteiger partial charge in [0.25, 0.3) is 0 Å². The summed E-state index contributed by atoms with van der Waals surface area (Å²) in [6.07, 6.45) is 1.19. The van der Waals surface area contributed by atoms with E-state index in [9.17, 15) is 14.4 Å². The molecule has 1 aromatic carbocycles. The molecule has 2 N–H and O–H groups in total. The van der Waals surface area contributed by atoms with Crippen LogP contribution in [-0.4, -0.2) is 110 Å². The van der Waals surface area contributed by atoms with E-state index in [-0.39, 0.29) is 44.3 Å². The van der Waals surface area contributed by atoms with Gasteiger partial charge in [0, 0.05) is 51.3 Å². The van der Waals surface area contributed by atoms with Crippen LogP contribution in [0, 0.1) is 0 Å². The molecule has 1 aliphatic heterocycles. The first-order chi connectivity index (χ1) is 24.8. The van der Waals surface area contributed by atoms with Gasteiger partial charge >= 0.3 is 12.1 Å². The van der Waals surface area contributed by atoms with Crippen molar-refractivity contribution in [3.05, 3.63) is 42.6 Å². The molecule has 1 fully saturated rings. The highest BCUT2D eigenvalue weighted by atomic mass is 16.7. The van der Waals surface area contributed by atoms with Crippen molar-refractivity contribution >= 4 is 46.0 Å². The van der Waals surface area contributed by atoms with Gasteiger partial charge in [-0.1, -0.05) is 12.1 Å². The van der Waals surface area contributed by atoms with Crippen LogP contribution in [0.1, 0.15) is 39.0 Å². The van der Waals surface area contributed by atoms with Gasteiger partial charge in [-0.25, -0.2) is 19.7 Å². The largest absolute Gasteiger partial charge is 0.513 e. The number of esters is 1. The molecule has 16 heteroatoms. The highest BCUT2D eigenvalue weighted by molar-refractivity contribution is 6.05. The van der Waals surface area contributed by atoms with Crippen LogP contribution in [0.3, 0.4) is 0 Å². The van der Waals surface area contributed by atoms with E-state index in [2.05, 4.69) is 15.2 Å². The fraction of sp³-hybridized carbons (Fsp3) is 0.486. The second-order valence-electron chi connectivity index (χ2n) is 11.7. The molecule has 0 spiro atoms. The Morgan fingerprint density at radius 1 is 1.04 bits per heavy atom. The van der Waals surface area contributed by atoms with E-state index >= 15 is 0 Å². The maximum absolute atomic E-state index is 12.4. The fourth-order valence-electron chi connectivity index (χ4n) is 5.20. The van der Waals surface area contributed by atoms with Crippen LogP contribution >= 0.6 is 0 Å². The minimum absolute atomic E-state index is 0.0648. The molecule has 2 unspecified atom stereocenters. The van der Waals surface area contributed by atoms with Gasteiger partial charge in [0.1, 0.15) is 17.9 Å². The number of rotatable bonds is 18. The maximum atomic E-state index is 12.4. The zero-order valence-electron chi connectivity index (χ0n) is 28.7. The van der Waals surface area contributed by atoms with Gasteiger partial charge in [-0.15, -0.1) is 0 Å². The Morgan fingerprint density at radius 3 is 2.69 bits per heavy atom. The van der Waals surface area contributed by atoms with Crippen LogP contribution in [0.4, 0.5) is 10.6 Å². The molecule has 274 valence electrons. The van der Waals surface area contributed by atoms with Gasteiger partial charge in [-0.2, -0.15) is 0 Å². The lowest BCUT2D eigenvalue weighted by Gasteiger charge is -2.27. The number of morpholine rings is 1. The Kier molecular flexibility index (Phi) is 13.9. The Bertz CT molecular complexity index is 1760. The summed E-state index contributed by atoms with van der Waals surface area (Å²) in [6, 6.07) is 10.6. The van der Waals surface area contributed by atoms with E-state index in [1.807, 2.05) is 18.2 Å². The van der Waals surface area contributed by atoms with Crippen LogP contribution in [0.15, 0.2) is 47.0 Å². The van der Waals surface area contributed by atoms with E-state index in [0.29, 0.717) is 86.1 Å². The number of methoxy groups -OCH3 is 1. The van der Waals surface area contributed by atoms with Crippen LogP contribution in [-0.2, 0) is 33.3 Å². The Labute approximate surface area is 294 Å². The third-order valence-electron chi connectivity index (χ3n) is 7.86. The van der Waals surface area contributed by atoms with E-state index in [1.165, 1.54) is 7.11 Å². The smallest absolute Gasteiger partial charge is 0.460 e. The summed E-state index contributed by atoms with van der Waals surface area (Å²) >= 11 is 0. The summed E-state index contributed by atoms with van der Waals surface area (Å²) in [5, 5.41) is 12.6. The lowest BCUT2D eigenvalue weighted by molar-refractivity contribution is -0.191. The van der Waals surface area contributed by atoms with Crippen LogP contribution in [0.25, 0.3) is 33.6 Å². The summed E-state index contributed by atoms with van der Waals surface area (Å²) in [4.78, 5) is 52.6. The lowest BCUT2D eigenvalue weighted by Crippen LogP contribution is -2.37. The molecule has 4 aromatic rings. The number of aliphatic hydroxyl groups excluding tert-OH is 1. The number of amides is 1. The van der Waals surface area contributed by atoms with Crippen LogP contribution in [0.5, 0.6) is 5.75 Å². The molecule has 1 amide bonds. The molecule has 5 rings (SSSR count). The maximum Gasteiger partial charge on any atom is 0.513 e. The molecule has 0 aliphatic carbocycles. The van der Waals surface area contributed by atoms with E-state index in [0.717, 1.165) is 5.39 Å². The van der Waals surface area contributed by atoms with Crippen molar-refractivity contribution in [3.8, 4) is 17.1 Å². The number of carbonyl (C=O) groups is 3. The summed E-state index contributed by atoms with van der Waals surface area (Å²) in [5.41, 5.74) is 2.30. The third kappa shape index (κ3) is 10.8. The van der Waals surface area contributed by atoms with E-state index in [4.69, 9.17) is 47.9 Å². The van der Waals surface area contributed by atoms with Crippen LogP contribution in [0.2, 0.25) is 0 Å². The Morgan fingerprint density at radius 2 is 1.88 bits per heavy atom. The number of benzene rings is 1.